The topological polar surface area (TPSA) is 21.3 Å². The number of thioether (sulfide) groups is 1. The van der Waals surface area contributed by atoms with Crippen molar-refractivity contribution in [2.45, 2.75) is 31.1 Å². The second-order valence-electron chi connectivity index (χ2n) is 4.36. The standard InChI is InChI=1S/C14H21NOS/c1-4-17-13-8-5-10-9-11(16-3)6-7-12(10)14(13)15-2/h6-7,9,13-15H,4-5,8H2,1-3H3. The van der Waals surface area contributed by atoms with Crippen LogP contribution in [0.25, 0.3) is 0 Å². The normalized spacial score (nSPS) is 23.2. The highest BCUT2D eigenvalue weighted by Crippen LogP contribution is 2.37. The first kappa shape index (κ1) is 12.8. The SMILES string of the molecule is CCSC1CCc2cc(OC)ccc2C1NC. The summed E-state index contributed by atoms with van der Waals surface area (Å²) in [6.45, 7) is 2.24. The number of benzene rings is 1. The van der Waals surface area contributed by atoms with Crippen LogP contribution in [0.15, 0.2) is 18.2 Å². The van der Waals surface area contributed by atoms with Crippen LogP contribution in [0.5, 0.6) is 5.75 Å². The van der Waals surface area contributed by atoms with Crippen molar-refractivity contribution in [1.29, 1.82) is 0 Å². The molecule has 0 bridgehead atoms. The van der Waals surface area contributed by atoms with Gasteiger partial charge in [-0.05, 0) is 48.9 Å². The van der Waals surface area contributed by atoms with Gasteiger partial charge in [0.15, 0.2) is 0 Å². The van der Waals surface area contributed by atoms with Gasteiger partial charge in [0.2, 0.25) is 0 Å². The summed E-state index contributed by atoms with van der Waals surface area (Å²) in [7, 11) is 3.79. The van der Waals surface area contributed by atoms with E-state index in [9.17, 15) is 0 Å². The Hall–Kier alpha value is -0.670. The highest BCUT2D eigenvalue weighted by Gasteiger charge is 2.28. The van der Waals surface area contributed by atoms with Gasteiger partial charge in [-0.2, -0.15) is 11.8 Å². The molecule has 0 aliphatic heterocycles. The molecule has 94 valence electrons. The van der Waals surface area contributed by atoms with Gasteiger partial charge in [0.25, 0.3) is 0 Å². The predicted molar refractivity (Wildman–Crippen MR) is 75.0 cm³/mol. The van der Waals surface area contributed by atoms with Gasteiger partial charge in [0, 0.05) is 11.3 Å². The molecule has 3 heteroatoms. The smallest absolute Gasteiger partial charge is 0.119 e. The highest BCUT2D eigenvalue weighted by atomic mass is 32.2. The van der Waals surface area contributed by atoms with Crippen LogP contribution in [0.2, 0.25) is 0 Å². The first-order valence-corrected chi connectivity index (χ1v) is 7.30. The van der Waals surface area contributed by atoms with E-state index in [4.69, 9.17) is 4.74 Å². The van der Waals surface area contributed by atoms with Crippen molar-refractivity contribution in [1.82, 2.24) is 5.32 Å². The van der Waals surface area contributed by atoms with Gasteiger partial charge >= 0.3 is 0 Å². The van der Waals surface area contributed by atoms with E-state index in [-0.39, 0.29) is 0 Å². The van der Waals surface area contributed by atoms with Crippen LogP contribution in [0.3, 0.4) is 0 Å². The molecule has 1 aliphatic rings. The third kappa shape index (κ3) is 2.61. The predicted octanol–water partition coefficient (Wildman–Crippen LogP) is 3.02. The lowest BCUT2D eigenvalue weighted by atomic mass is 9.87. The molecule has 0 aromatic heterocycles. The zero-order valence-electron chi connectivity index (χ0n) is 10.8. The fourth-order valence-corrected chi connectivity index (χ4v) is 3.82. The van der Waals surface area contributed by atoms with E-state index < -0.39 is 0 Å². The zero-order valence-corrected chi connectivity index (χ0v) is 11.6. The lowest BCUT2D eigenvalue weighted by Gasteiger charge is -2.33. The Labute approximate surface area is 108 Å². The average molecular weight is 251 g/mol. The van der Waals surface area contributed by atoms with Crippen molar-refractivity contribution in [2.24, 2.45) is 0 Å². The molecule has 2 rings (SSSR count). The van der Waals surface area contributed by atoms with Crippen molar-refractivity contribution in [3.8, 4) is 5.75 Å². The van der Waals surface area contributed by atoms with Crippen molar-refractivity contribution in [3.63, 3.8) is 0 Å². The van der Waals surface area contributed by atoms with Gasteiger partial charge in [0.1, 0.15) is 5.75 Å². The maximum absolute atomic E-state index is 5.30. The number of aryl methyl sites for hydroxylation is 1. The van der Waals surface area contributed by atoms with Crippen LogP contribution in [0.4, 0.5) is 0 Å². The number of hydrogen-bond acceptors (Lipinski definition) is 3. The minimum absolute atomic E-state index is 0.481. The Bertz CT molecular complexity index is 380. The minimum atomic E-state index is 0.481. The minimum Gasteiger partial charge on any atom is -0.497 e. The molecule has 0 radical (unpaired) electrons. The van der Waals surface area contributed by atoms with E-state index in [0.29, 0.717) is 11.3 Å². The van der Waals surface area contributed by atoms with E-state index in [2.05, 4.69) is 49.2 Å². The Balaban J connectivity index is 2.28. The third-order valence-electron chi connectivity index (χ3n) is 3.45. The fraction of sp³-hybridized carbons (Fsp3) is 0.571. The number of ether oxygens (including phenoxy) is 1. The molecule has 0 saturated carbocycles. The average Bonchev–Trinajstić information content (AvgIpc) is 2.38. The Morgan fingerprint density at radius 3 is 2.94 bits per heavy atom. The molecule has 0 saturated heterocycles. The van der Waals surface area contributed by atoms with Crippen LogP contribution in [-0.2, 0) is 6.42 Å². The second-order valence-corrected chi connectivity index (χ2v) is 5.88. The van der Waals surface area contributed by atoms with Gasteiger partial charge < -0.3 is 10.1 Å². The number of hydrogen-bond donors (Lipinski definition) is 1. The van der Waals surface area contributed by atoms with Crippen molar-refractivity contribution in [3.05, 3.63) is 29.3 Å². The van der Waals surface area contributed by atoms with Crippen LogP contribution in [0.1, 0.15) is 30.5 Å². The van der Waals surface area contributed by atoms with Crippen molar-refractivity contribution < 1.29 is 4.74 Å². The summed E-state index contributed by atoms with van der Waals surface area (Å²) < 4.78 is 5.30. The van der Waals surface area contributed by atoms with Gasteiger partial charge in [-0.3, -0.25) is 0 Å². The molecule has 17 heavy (non-hydrogen) atoms. The Morgan fingerprint density at radius 2 is 2.29 bits per heavy atom. The molecule has 0 fully saturated rings. The van der Waals surface area contributed by atoms with Gasteiger partial charge in [-0.15, -0.1) is 0 Å². The molecule has 2 nitrogen and oxygen atoms in total. The number of fused-ring (bicyclic) bond motifs is 1. The molecule has 2 unspecified atom stereocenters. The van der Waals surface area contributed by atoms with Crippen molar-refractivity contribution >= 4 is 11.8 Å². The van der Waals surface area contributed by atoms with E-state index in [0.717, 1.165) is 5.75 Å². The largest absolute Gasteiger partial charge is 0.497 e. The summed E-state index contributed by atoms with van der Waals surface area (Å²) in [5.41, 5.74) is 2.89. The summed E-state index contributed by atoms with van der Waals surface area (Å²) in [5, 5.41) is 4.17. The molecule has 0 spiro atoms. The van der Waals surface area contributed by atoms with E-state index in [1.165, 1.54) is 29.7 Å². The summed E-state index contributed by atoms with van der Waals surface area (Å²) in [6.07, 6.45) is 2.42. The first-order chi connectivity index (χ1) is 8.30. The highest BCUT2D eigenvalue weighted by molar-refractivity contribution is 7.99. The molecule has 0 heterocycles. The monoisotopic (exact) mass is 251 g/mol. The summed E-state index contributed by atoms with van der Waals surface area (Å²) >= 11 is 2.06. The van der Waals surface area contributed by atoms with Gasteiger partial charge in [-0.1, -0.05) is 13.0 Å². The molecule has 1 aromatic rings. The summed E-state index contributed by atoms with van der Waals surface area (Å²) in [6, 6.07) is 6.96. The van der Waals surface area contributed by atoms with Crippen LogP contribution < -0.4 is 10.1 Å². The maximum Gasteiger partial charge on any atom is 0.119 e. The maximum atomic E-state index is 5.30. The van der Waals surface area contributed by atoms with Gasteiger partial charge in [-0.25, -0.2) is 0 Å². The second kappa shape index (κ2) is 5.78. The zero-order chi connectivity index (χ0) is 12.3. The lowest BCUT2D eigenvalue weighted by molar-refractivity contribution is 0.412. The molecular weight excluding hydrogens is 230 g/mol. The van der Waals surface area contributed by atoms with E-state index in [1.54, 1.807) is 7.11 Å². The van der Waals surface area contributed by atoms with Crippen LogP contribution >= 0.6 is 11.8 Å². The summed E-state index contributed by atoms with van der Waals surface area (Å²) in [4.78, 5) is 0. The van der Waals surface area contributed by atoms with Crippen molar-refractivity contribution in [2.75, 3.05) is 19.9 Å². The molecule has 1 aromatic carbocycles. The lowest BCUT2D eigenvalue weighted by Crippen LogP contribution is -2.32. The molecule has 2 atom stereocenters. The Morgan fingerprint density at radius 1 is 1.47 bits per heavy atom. The third-order valence-corrected chi connectivity index (χ3v) is 4.72. The van der Waals surface area contributed by atoms with E-state index >= 15 is 0 Å². The first-order valence-electron chi connectivity index (χ1n) is 6.25. The van der Waals surface area contributed by atoms with Gasteiger partial charge in [0.05, 0.1) is 7.11 Å². The summed E-state index contributed by atoms with van der Waals surface area (Å²) in [5.74, 6) is 2.16. The van der Waals surface area contributed by atoms with Crippen LogP contribution in [-0.4, -0.2) is 25.2 Å². The Kier molecular flexibility index (Phi) is 4.35. The number of rotatable bonds is 4. The van der Waals surface area contributed by atoms with E-state index in [1.807, 2.05) is 0 Å². The molecule has 1 N–H and O–H groups in total. The molecule has 0 amide bonds. The number of methoxy groups -OCH3 is 1. The van der Waals surface area contributed by atoms with Crippen LogP contribution in [0, 0.1) is 0 Å². The number of nitrogens with one attached hydrogen (secondary N) is 1. The molecule has 1 aliphatic carbocycles. The quantitative estimate of drug-likeness (QED) is 0.889. The molecular formula is C14H21NOS. The fourth-order valence-electron chi connectivity index (χ4n) is 2.63.